The van der Waals surface area contributed by atoms with Gasteiger partial charge in [0.25, 0.3) is 0 Å². The molecule has 2 unspecified atom stereocenters. The van der Waals surface area contributed by atoms with E-state index in [1.165, 1.54) is 19.3 Å². The topological polar surface area (TPSA) is 52.0 Å². The van der Waals surface area contributed by atoms with Gasteiger partial charge in [0.05, 0.1) is 0 Å². The van der Waals surface area contributed by atoms with Gasteiger partial charge in [-0.2, -0.15) is 0 Å². The van der Waals surface area contributed by atoms with Crippen LogP contribution in [0.3, 0.4) is 0 Å². The summed E-state index contributed by atoms with van der Waals surface area (Å²) in [6.45, 7) is 2.28. The first-order chi connectivity index (χ1) is 7.74. The molecule has 1 aliphatic rings. The van der Waals surface area contributed by atoms with Crippen LogP contribution in [0.4, 0.5) is 5.69 Å². The molecule has 2 N–H and O–H groups in total. The van der Waals surface area contributed by atoms with Crippen LogP contribution in [0.25, 0.3) is 11.1 Å². The smallest absolute Gasteiger partial charge is 0.198 e. The van der Waals surface area contributed by atoms with Gasteiger partial charge in [0.2, 0.25) is 0 Å². The van der Waals surface area contributed by atoms with Crippen LogP contribution in [0.5, 0.6) is 0 Å². The Morgan fingerprint density at radius 1 is 1.38 bits per heavy atom. The minimum Gasteiger partial charge on any atom is -0.440 e. The van der Waals surface area contributed by atoms with Crippen LogP contribution in [0.2, 0.25) is 0 Å². The maximum absolute atomic E-state index is 5.81. The molecule has 84 valence electrons. The molecule has 1 aromatic heterocycles. The second-order valence-electron chi connectivity index (χ2n) is 4.79. The first-order valence-corrected chi connectivity index (χ1v) is 5.90. The molecule has 3 heteroatoms. The molecular weight excluding hydrogens is 200 g/mol. The first-order valence-electron chi connectivity index (χ1n) is 5.90. The van der Waals surface area contributed by atoms with Gasteiger partial charge < -0.3 is 10.2 Å². The lowest BCUT2D eigenvalue weighted by atomic mass is 9.98. The third kappa shape index (κ3) is 1.47. The Kier molecular flexibility index (Phi) is 2.13. The normalized spacial score (nSPS) is 25.3. The Morgan fingerprint density at radius 2 is 2.25 bits per heavy atom. The van der Waals surface area contributed by atoms with E-state index in [0.717, 1.165) is 22.7 Å². The fourth-order valence-electron chi connectivity index (χ4n) is 2.63. The summed E-state index contributed by atoms with van der Waals surface area (Å²) < 4.78 is 5.81. The molecule has 0 aliphatic heterocycles. The van der Waals surface area contributed by atoms with Crippen LogP contribution >= 0.6 is 0 Å². The Hall–Kier alpha value is -1.51. The van der Waals surface area contributed by atoms with Crippen molar-refractivity contribution in [1.29, 1.82) is 0 Å². The number of nitrogens with two attached hydrogens (primary N) is 1. The number of nitrogen functional groups attached to an aromatic ring is 1. The molecule has 1 saturated carbocycles. The summed E-state index contributed by atoms with van der Waals surface area (Å²) in [5.41, 5.74) is 8.19. The molecule has 3 nitrogen and oxygen atoms in total. The third-order valence-corrected chi connectivity index (χ3v) is 3.61. The van der Waals surface area contributed by atoms with E-state index >= 15 is 0 Å². The highest BCUT2D eigenvalue weighted by atomic mass is 16.3. The number of nitrogens with zero attached hydrogens (tertiary/aromatic N) is 1. The quantitative estimate of drug-likeness (QED) is 0.744. The predicted octanol–water partition coefficient (Wildman–Crippen LogP) is 3.31. The van der Waals surface area contributed by atoms with Crippen molar-refractivity contribution in [2.24, 2.45) is 5.92 Å². The van der Waals surface area contributed by atoms with Crippen LogP contribution < -0.4 is 5.73 Å². The zero-order chi connectivity index (χ0) is 11.1. The van der Waals surface area contributed by atoms with Gasteiger partial charge in [-0.3, -0.25) is 0 Å². The van der Waals surface area contributed by atoms with Gasteiger partial charge in [-0.15, -0.1) is 0 Å². The summed E-state index contributed by atoms with van der Waals surface area (Å²) in [5, 5.41) is 0. The molecule has 1 aliphatic carbocycles. The van der Waals surface area contributed by atoms with Crippen LogP contribution in [0.15, 0.2) is 22.6 Å². The van der Waals surface area contributed by atoms with E-state index in [1.54, 1.807) is 0 Å². The van der Waals surface area contributed by atoms with Crippen LogP contribution in [-0.4, -0.2) is 4.98 Å². The molecular formula is C13H16N2O. The molecule has 0 saturated heterocycles. The van der Waals surface area contributed by atoms with Crippen LogP contribution in [0, 0.1) is 5.92 Å². The number of anilines is 1. The predicted molar refractivity (Wildman–Crippen MR) is 64.2 cm³/mol. The highest BCUT2D eigenvalue weighted by Gasteiger charge is 2.28. The molecule has 0 radical (unpaired) electrons. The van der Waals surface area contributed by atoms with Gasteiger partial charge >= 0.3 is 0 Å². The molecule has 0 amide bonds. The Bertz CT molecular complexity index is 518. The number of aromatic nitrogens is 1. The molecule has 2 aromatic rings. The monoisotopic (exact) mass is 216 g/mol. The summed E-state index contributed by atoms with van der Waals surface area (Å²) in [6.07, 6.45) is 3.77. The van der Waals surface area contributed by atoms with E-state index in [0.29, 0.717) is 11.8 Å². The van der Waals surface area contributed by atoms with Crippen molar-refractivity contribution in [1.82, 2.24) is 4.98 Å². The Morgan fingerprint density at radius 3 is 3.00 bits per heavy atom. The summed E-state index contributed by atoms with van der Waals surface area (Å²) >= 11 is 0. The van der Waals surface area contributed by atoms with E-state index in [2.05, 4.69) is 11.9 Å². The highest BCUT2D eigenvalue weighted by molar-refractivity contribution is 5.76. The molecule has 1 heterocycles. The van der Waals surface area contributed by atoms with Crippen molar-refractivity contribution in [3.63, 3.8) is 0 Å². The van der Waals surface area contributed by atoms with Crippen LogP contribution in [-0.2, 0) is 0 Å². The van der Waals surface area contributed by atoms with Crippen molar-refractivity contribution in [3.05, 3.63) is 24.1 Å². The summed E-state index contributed by atoms with van der Waals surface area (Å²) in [7, 11) is 0. The van der Waals surface area contributed by atoms with E-state index in [1.807, 2.05) is 18.2 Å². The largest absolute Gasteiger partial charge is 0.440 e. The lowest BCUT2D eigenvalue weighted by Crippen LogP contribution is -2.01. The summed E-state index contributed by atoms with van der Waals surface area (Å²) in [6, 6.07) is 5.65. The average Bonchev–Trinajstić information content (AvgIpc) is 2.82. The van der Waals surface area contributed by atoms with Crippen molar-refractivity contribution in [3.8, 4) is 0 Å². The molecule has 0 bridgehead atoms. The summed E-state index contributed by atoms with van der Waals surface area (Å²) in [4.78, 5) is 4.56. The minimum absolute atomic E-state index is 0.494. The van der Waals surface area contributed by atoms with Gasteiger partial charge in [0.15, 0.2) is 11.5 Å². The number of oxazole rings is 1. The van der Waals surface area contributed by atoms with Gasteiger partial charge in [0, 0.05) is 17.7 Å². The number of hydrogen-bond acceptors (Lipinski definition) is 3. The lowest BCUT2D eigenvalue weighted by Gasteiger charge is -2.09. The maximum atomic E-state index is 5.81. The van der Waals surface area contributed by atoms with Crippen molar-refractivity contribution in [2.45, 2.75) is 32.1 Å². The maximum Gasteiger partial charge on any atom is 0.198 e. The van der Waals surface area contributed by atoms with Gasteiger partial charge in [-0.1, -0.05) is 13.3 Å². The second kappa shape index (κ2) is 3.51. The average molecular weight is 216 g/mol. The van der Waals surface area contributed by atoms with Crippen molar-refractivity contribution in [2.75, 3.05) is 5.73 Å². The van der Waals surface area contributed by atoms with Crippen molar-refractivity contribution < 1.29 is 4.42 Å². The molecule has 16 heavy (non-hydrogen) atoms. The van der Waals surface area contributed by atoms with E-state index in [-0.39, 0.29) is 0 Å². The van der Waals surface area contributed by atoms with E-state index < -0.39 is 0 Å². The highest BCUT2D eigenvalue weighted by Crippen LogP contribution is 2.39. The van der Waals surface area contributed by atoms with Gasteiger partial charge in [0.1, 0.15) is 5.52 Å². The molecule has 1 fully saturated rings. The minimum atomic E-state index is 0.494. The van der Waals surface area contributed by atoms with E-state index in [4.69, 9.17) is 10.2 Å². The Labute approximate surface area is 94.7 Å². The molecule has 1 aromatic carbocycles. The zero-order valence-electron chi connectivity index (χ0n) is 9.44. The standard InChI is InChI=1S/C13H16N2O/c1-8-3-2-4-10(8)13-15-11-6-5-9(14)7-12(11)16-13/h5-8,10H,2-4,14H2,1H3. The van der Waals surface area contributed by atoms with Gasteiger partial charge in [-0.05, 0) is 30.9 Å². The fourth-order valence-corrected chi connectivity index (χ4v) is 2.63. The second-order valence-corrected chi connectivity index (χ2v) is 4.79. The fraction of sp³-hybridized carbons (Fsp3) is 0.462. The molecule has 3 rings (SSSR count). The number of hydrogen-bond donors (Lipinski definition) is 1. The molecule has 2 atom stereocenters. The summed E-state index contributed by atoms with van der Waals surface area (Å²) in [5.74, 6) is 2.07. The molecule has 0 spiro atoms. The zero-order valence-corrected chi connectivity index (χ0v) is 9.44. The number of rotatable bonds is 1. The Balaban J connectivity index is 2.04. The third-order valence-electron chi connectivity index (χ3n) is 3.61. The van der Waals surface area contributed by atoms with Gasteiger partial charge in [-0.25, -0.2) is 4.98 Å². The van der Waals surface area contributed by atoms with Crippen LogP contribution in [0.1, 0.15) is 38.0 Å². The first kappa shape index (κ1) is 9.70. The lowest BCUT2D eigenvalue weighted by molar-refractivity contribution is 0.416. The van der Waals surface area contributed by atoms with E-state index in [9.17, 15) is 0 Å². The SMILES string of the molecule is CC1CCCC1c1nc2ccc(N)cc2o1. The number of fused-ring (bicyclic) bond motifs is 1. The number of benzene rings is 1. The van der Waals surface area contributed by atoms with Crippen molar-refractivity contribution >= 4 is 16.8 Å².